The summed E-state index contributed by atoms with van der Waals surface area (Å²) in [5, 5.41) is 9.71. The first kappa shape index (κ1) is 20.2. The number of methoxy groups -OCH3 is 2. The quantitative estimate of drug-likeness (QED) is 0.733. The van der Waals surface area contributed by atoms with E-state index in [0.717, 1.165) is 6.42 Å². The molecule has 27 heavy (non-hydrogen) atoms. The highest BCUT2D eigenvalue weighted by molar-refractivity contribution is 5.93. The van der Waals surface area contributed by atoms with E-state index in [1.807, 2.05) is 6.92 Å². The highest BCUT2D eigenvalue weighted by Gasteiger charge is 2.39. The fourth-order valence-electron chi connectivity index (χ4n) is 3.04. The summed E-state index contributed by atoms with van der Waals surface area (Å²) in [5.41, 5.74) is 6.98. The number of nitrogens with two attached hydrogens (primary N) is 1. The predicted octanol–water partition coefficient (Wildman–Crippen LogP) is 3.13. The van der Waals surface area contributed by atoms with Gasteiger partial charge in [0.15, 0.2) is 0 Å². The van der Waals surface area contributed by atoms with Gasteiger partial charge in [-0.2, -0.15) is 5.26 Å². The Hall–Kier alpha value is -3.14. The lowest BCUT2D eigenvalue weighted by atomic mass is 9.81. The highest BCUT2D eigenvalue weighted by Crippen LogP contribution is 2.44. The molecule has 0 saturated heterocycles. The fraction of sp³-hybridized carbons (Fsp3) is 0.400. The molecular weight excluding hydrogens is 348 g/mol. The molecule has 1 aliphatic heterocycles. The van der Waals surface area contributed by atoms with Gasteiger partial charge in [-0.05, 0) is 31.5 Å². The molecule has 1 atom stereocenters. The van der Waals surface area contributed by atoms with Gasteiger partial charge in [0.05, 0.1) is 32.3 Å². The van der Waals surface area contributed by atoms with Gasteiger partial charge in [0, 0.05) is 12.0 Å². The van der Waals surface area contributed by atoms with Gasteiger partial charge < -0.3 is 24.7 Å². The lowest BCUT2D eigenvalue weighted by Crippen LogP contribution is -2.26. The van der Waals surface area contributed by atoms with Gasteiger partial charge in [-0.25, -0.2) is 4.79 Å². The van der Waals surface area contributed by atoms with Crippen molar-refractivity contribution in [3.8, 4) is 17.6 Å². The molecule has 0 spiro atoms. The Bertz CT molecular complexity index is 820. The van der Waals surface area contributed by atoms with Crippen LogP contribution in [0.3, 0.4) is 0 Å². The van der Waals surface area contributed by atoms with E-state index in [0.29, 0.717) is 29.2 Å². The molecule has 2 N–H and O–H groups in total. The zero-order valence-electron chi connectivity index (χ0n) is 16.0. The van der Waals surface area contributed by atoms with Gasteiger partial charge in [0.1, 0.15) is 28.9 Å². The third kappa shape index (κ3) is 4.00. The molecule has 1 heterocycles. The van der Waals surface area contributed by atoms with Crippen LogP contribution in [0.25, 0.3) is 0 Å². The van der Waals surface area contributed by atoms with E-state index >= 15 is 0 Å². The summed E-state index contributed by atoms with van der Waals surface area (Å²) < 4.78 is 21.7. The van der Waals surface area contributed by atoms with Gasteiger partial charge in [-0.1, -0.05) is 6.92 Å². The van der Waals surface area contributed by atoms with E-state index < -0.39 is 11.9 Å². The Balaban J connectivity index is 2.77. The van der Waals surface area contributed by atoms with Crippen LogP contribution in [-0.4, -0.2) is 26.8 Å². The summed E-state index contributed by atoms with van der Waals surface area (Å²) in [5.74, 6) is 0.131. The number of carbonyl (C=O) groups is 1. The number of benzene rings is 1. The topological polar surface area (TPSA) is 104 Å². The number of ether oxygens (including phenoxy) is 4. The third-order valence-electron chi connectivity index (χ3n) is 4.22. The number of hydrogen-bond donors (Lipinski definition) is 1. The van der Waals surface area contributed by atoms with Crippen molar-refractivity contribution >= 4 is 5.97 Å². The number of hydrogen-bond acceptors (Lipinski definition) is 7. The van der Waals surface area contributed by atoms with Crippen LogP contribution in [0.4, 0.5) is 0 Å². The average Bonchev–Trinajstić information content (AvgIpc) is 2.67. The largest absolute Gasteiger partial charge is 0.497 e. The van der Waals surface area contributed by atoms with Gasteiger partial charge in [-0.15, -0.1) is 0 Å². The Labute approximate surface area is 159 Å². The third-order valence-corrected chi connectivity index (χ3v) is 4.22. The van der Waals surface area contributed by atoms with Crippen molar-refractivity contribution in [2.75, 3.05) is 20.8 Å². The van der Waals surface area contributed by atoms with Crippen LogP contribution < -0.4 is 15.2 Å². The molecule has 0 saturated carbocycles. The minimum absolute atomic E-state index is 0.0242. The zero-order chi connectivity index (χ0) is 20.0. The van der Waals surface area contributed by atoms with Gasteiger partial charge in [-0.3, -0.25) is 0 Å². The Morgan fingerprint density at radius 1 is 1.30 bits per heavy atom. The van der Waals surface area contributed by atoms with E-state index in [4.69, 9.17) is 24.7 Å². The summed E-state index contributed by atoms with van der Waals surface area (Å²) in [7, 11) is 3.06. The second-order valence-corrected chi connectivity index (χ2v) is 5.84. The summed E-state index contributed by atoms with van der Waals surface area (Å²) in [6.07, 6.45) is 1.21. The average molecular weight is 372 g/mol. The molecule has 0 aromatic heterocycles. The number of esters is 1. The maximum Gasteiger partial charge on any atom is 0.338 e. The van der Waals surface area contributed by atoms with E-state index in [-0.39, 0.29) is 23.6 Å². The Morgan fingerprint density at radius 3 is 2.59 bits per heavy atom. The van der Waals surface area contributed by atoms with Crippen LogP contribution in [0.2, 0.25) is 0 Å². The summed E-state index contributed by atoms with van der Waals surface area (Å²) in [6.45, 7) is 3.88. The number of allylic oxidation sites excluding steroid dienone is 2. The molecule has 0 fully saturated rings. The zero-order valence-corrected chi connectivity index (χ0v) is 16.0. The molecule has 0 amide bonds. The van der Waals surface area contributed by atoms with Crippen molar-refractivity contribution < 1.29 is 23.7 Å². The van der Waals surface area contributed by atoms with Crippen molar-refractivity contribution in [2.45, 2.75) is 32.6 Å². The number of rotatable bonds is 7. The standard InChI is InChI=1S/C20H24N2O5/c1-5-7-16-18(20(23)26-6-2)17(14(11-21)19(22)27-16)13-10-12(24-3)8-9-15(13)25-4/h8-10,17H,5-7,22H2,1-4H3/t17-/m0/s1. The van der Waals surface area contributed by atoms with Crippen LogP contribution in [0.1, 0.15) is 38.2 Å². The minimum Gasteiger partial charge on any atom is -0.497 e. The van der Waals surface area contributed by atoms with Crippen LogP contribution >= 0.6 is 0 Å². The molecule has 0 bridgehead atoms. The lowest BCUT2D eigenvalue weighted by molar-refractivity contribution is -0.139. The molecule has 0 unspecified atom stereocenters. The predicted molar refractivity (Wildman–Crippen MR) is 98.8 cm³/mol. The molecule has 0 aliphatic carbocycles. The summed E-state index contributed by atoms with van der Waals surface area (Å²) in [6, 6.07) is 7.25. The molecule has 0 radical (unpaired) electrons. The smallest absolute Gasteiger partial charge is 0.338 e. The first-order valence-corrected chi connectivity index (χ1v) is 8.71. The second-order valence-electron chi connectivity index (χ2n) is 5.84. The van der Waals surface area contributed by atoms with Crippen LogP contribution in [0.15, 0.2) is 41.0 Å². The Morgan fingerprint density at radius 2 is 2.04 bits per heavy atom. The van der Waals surface area contributed by atoms with Crippen LogP contribution in [0, 0.1) is 11.3 Å². The highest BCUT2D eigenvalue weighted by atomic mass is 16.5. The molecule has 7 heteroatoms. The molecule has 1 aromatic rings. The molecular formula is C20H24N2O5. The van der Waals surface area contributed by atoms with E-state index in [1.165, 1.54) is 14.2 Å². The van der Waals surface area contributed by atoms with Crippen molar-refractivity contribution in [3.63, 3.8) is 0 Å². The van der Waals surface area contributed by atoms with Crippen molar-refractivity contribution in [3.05, 3.63) is 46.6 Å². The van der Waals surface area contributed by atoms with Crippen LogP contribution in [0.5, 0.6) is 11.5 Å². The molecule has 1 aromatic carbocycles. The number of nitrogens with zero attached hydrogens (tertiary/aromatic N) is 1. The maximum atomic E-state index is 12.8. The molecule has 7 nitrogen and oxygen atoms in total. The monoisotopic (exact) mass is 372 g/mol. The maximum absolute atomic E-state index is 12.8. The van der Waals surface area contributed by atoms with Crippen molar-refractivity contribution in [2.24, 2.45) is 5.73 Å². The van der Waals surface area contributed by atoms with Gasteiger partial charge in [0.2, 0.25) is 5.88 Å². The van der Waals surface area contributed by atoms with Gasteiger partial charge in [0.25, 0.3) is 0 Å². The lowest BCUT2D eigenvalue weighted by Gasteiger charge is -2.29. The van der Waals surface area contributed by atoms with Crippen molar-refractivity contribution in [1.29, 1.82) is 5.26 Å². The first-order chi connectivity index (χ1) is 13.0. The van der Waals surface area contributed by atoms with Crippen molar-refractivity contribution in [1.82, 2.24) is 0 Å². The second kappa shape index (κ2) is 8.99. The minimum atomic E-state index is -0.769. The number of nitriles is 1. The normalized spacial score (nSPS) is 16.5. The fourth-order valence-corrected chi connectivity index (χ4v) is 3.04. The SMILES string of the molecule is CCCC1=C(C(=O)OCC)[C@@H](c2cc(OC)ccc2OC)C(C#N)=C(N)O1. The van der Waals surface area contributed by atoms with E-state index in [1.54, 1.807) is 25.1 Å². The van der Waals surface area contributed by atoms with Crippen LogP contribution in [-0.2, 0) is 14.3 Å². The van der Waals surface area contributed by atoms with E-state index in [9.17, 15) is 10.1 Å². The Kier molecular flexibility index (Phi) is 6.72. The first-order valence-electron chi connectivity index (χ1n) is 8.71. The molecule has 2 rings (SSSR count). The molecule has 144 valence electrons. The van der Waals surface area contributed by atoms with Gasteiger partial charge >= 0.3 is 5.97 Å². The molecule has 1 aliphatic rings. The summed E-state index contributed by atoms with van der Waals surface area (Å²) >= 11 is 0. The number of carbonyl (C=O) groups excluding carboxylic acids is 1. The van der Waals surface area contributed by atoms with E-state index in [2.05, 4.69) is 6.07 Å². The summed E-state index contributed by atoms with van der Waals surface area (Å²) in [4.78, 5) is 12.8.